The van der Waals surface area contributed by atoms with Crippen LogP contribution in [0.2, 0.25) is 0 Å². The molecule has 0 atom stereocenters. The molecule has 5 heteroatoms. The normalized spacial score (nSPS) is 14.1. The maximum absolute atomic E-state index is 11.6. The standard InChI is InChI=1S/C13H16N2O3/c1-8-2-5-11(10(6-8)12(16)17)15-13(18)14-7-9-3-4-9/h2,5-6,9H,3-4,7H2,1H3,(H,16,17)(H2,14,15,18). The number of aryl methyl sites for hydroxylation is 1. The zero-order valence-corrected chi connectivity index (χ0v) is 10.2. The fourth-order valence-corrected chi connectivity index (χ4v) is 1.67. The molecule has 2 amide bonds. The second-order valence-corrected chi connectivity index (χ2v) is 4.63. The zero-order valence-electron chi connectivity index (χ0n) is 10.2. The van der Waals surface area contributed by atoms with E-state index in [0.717, 1.165) is 18.4 Å². The molecular weight excluding hydrogens is 232 g/mol. The second-order valence-electron chi connectivity index (χ2n) is 4.63. The highest BCUT2D eigenvalue weighted by Gasteiger charge is 2.21. The van der Waals surface area contributed by atoms with E-state index in [1.165, 1.54) is 0 Å². The molecule has 0 spiro atoms. The van der Waals surface area contributed by atoms with E-state index >= 15 is 0 Å². The largest absolute Gasteiger partial charge is 0.478 e. The summed E-state index contributed by atoms with van der Waals surface area (Å²) in [5.74, 6) is -0.455. The van der Waals surface area contributed by atoms with Crippen molar-refractivity contribution in [2.45, 2.75) is 19.8 Å². The van der Waals surface area contributed by atoms with Crippen LogP contribution in [-0.2, 0) is 0 Å². The minimum atomic E-state index is -1.05. The van der Waals surface area contributed by atoms with Gasteiger partial charge >= 0.3 is 12.0 Å². The summed E-state index contributed by atoms with van der Waals surface area (Å²) >= 11 is 0. The minimum Gasteiger partial charge on any atom is -0.478 e. The van der Waals surface area contributed by atoms with E-state index in [4.69, 9.17) is 5.11 Å². The van der Waals surface area contributed by atoms with Gasteiger partial charge in [0.2, 0.25) is 0 Å². The summed E-state index contributed by atoms with van der Waals surface area (Å²) in [4.78, 5) is 22.6. The number of urea groups is 1. The number of rotatable bonds is 4. The van der Waals surface area contributed by atoms with Gasteiger partial charge in [0.25, 0.3) is 0 Å². The third kappa shape index (κ3) is 3.23. The summed E-state index contributed by atoms with van der Waals surface area (Å²) in [5, 5.41) is 14.4. The van der Waals surface area contributed by atoms with Crippen molar-refractivity contribution >= 4 is 17.7 Å². The fourth-order valence-electron chi connectivity index (χ4n) is 1.67. The lowest BCUT2D eigenvalue weighted by molar-refractivity contribution is 0.0698. The molecule has 0 aromatic heterocycles. The van der Waals surface area contributed by atoms with Crippen LogP contribution in [0, 0.1) is 12.8 Å². The minimum absolute atomic E-state index is 0.108. The van der Waals surface area contributed by atoms with E-state index in [9.17, 15) is 9.59 Å². The molecule has 96 valence electrons. The Morgan fingerprint density at radius 2 is 2.11 bits per heavy atom. The lowest BCUT2D eigenvalue weighted by Gasteiger charge is -2.10. The van der Waals surface area contributed by atoms with Gasteiger partial charge in [-0.3, -0.25) is 0 Å². The van der Waals surface area contributed by atoms with Crippen molar-refractivity contribution in [1.29, 1.82) is 0 Å². The van der Waals surface area contributed by atoms with Crippen LogP contribution in [0.1, 0.15) is 28.8 Å². The molecule has 0 bridgehead atoms. The number of aromatic carboxylic acids is 1. The SMILES string of the molecule is Cc1ccc(NC(=O)NCC2CC2)c(C(=O)O)c1. The Labute approximate surface area is 105 Å². The van der Waals surface area contributed by atoms with Crippen molar-refractivity contribution < 1.29 is 14.7 Å². The summed E-state index contributed by atoms with van der Waals surface area (Å²) in [7, 11) is 0. The van der Waals surface area contributed by atoms with Crippen molar-refractivity contribution in [2.24, 2.45) is 5.92 Å². The first-order chi connectivity index (χ1) is 8.56. The Balaban J connectivity index is 2.02. The second kappa shape index (κ2) is 5.08. The summed E-state index contributed by atoms with van der Waals surface area (Å²) in [6.45, 7) is 2.46. The van der Waals surface area contributed by atoms with Crippen LogP contribution in [0.15, 0.2) is 18.2 Å². The van der Waals surface area contributed by atoms with Gasteiger partial charge in [0.1, 0.15) is 0 Å². The maximum Gasteiger partial charge on any atom is 0.337 e. The number of carbonyl (C=O) groups is 2. The number of nitrogens with one attached hydrogen (secondary N) is 2. The molecule has 1 saturated carbocycles. The van der Waals surface area contributed by atoms with Crippen molar-refractivity contribution in [2.75, 3.05) is 11.9 Å². The Kier molecular flexibility index (Phi) is 3.50. The number of carboxylic acids is 1. The molecule has 3 N–H and O–H groups in total. The van der Waals surface area contributed by atoms with E-state index < -0.39 is 5.97 Å². The van der Waals surface area contributed by atoms with Crippen molar-refractivity contribution in [3.8, 4) is 0 Å². The van der Waals surface area contributed by atoms with Crippen LogP contribution < -0.4 is 10.6 Å². The van der Waals surface area contributed by atoms with Gasteiger partial charge in [-0.2, -0.15) is 0 Å². The summed E-state index contributed by atoms with van der Waals surface area (Å²) < 4.78 is 0. The van der Waals surface area contributed by atoms with Crippen LogP contribution in [0.4, 0.5) is 10.5 Å². The van der Waals surface area contributed by atoms with Gasteiger partial charge in [0.05, 0.1) is 11.3 Å². The zero-order chi connectivity index (χ0) is 13.1. The number of carboxylic acid groups (broad SMARTS) is 1. The number of amides is 2. The number of hydrogen-bond donors (Lipinski definition) is 3. The van der Waals surface area contributed by atoms with Crippen LogP contribution in [-0.4, -0.2) is 23.7 Å². The Morgan fingerprint density at radius 1 is 1.39 bits per heavy atom. The van der Waals surface area contributed by atoms with Crippen molar-refractivity contribution in [3.63, 3.8) is 0 Å². The predicted octanol–water partition coefficient (Wildman–Crippen LogP) is 2.22. The van der Waals surface area contributed by atoms with Crippen LogP contribution in [0.3, 0.4) is 0 Å². The first kappa shape index (κ1) is 12.4. The van der Waals surface area contributed by atoms with Gasteiger partial charge in [-0.05, 0) is 37.8 Å². The Hall–Kier alpha value is -2.04. The molecule has 1 aliphatic carbocycles. The van der Waals surface area contributed by atoms with E-state index in [2.05, 4.69) is 10.6 Å². The van der Waals surface area contributed by atoms with Gasteiger partial charge < -0.3 is 15.7 Å². The number of benzene rings is 1. The number of hydrogen-bond acceptors (Lipinski definition) is 2. The Bertz CT molecular complexity index is 481. The lowest BCUT2D eigenvalue weighted by Crippen LogP contribution is -2.31. The van der Waals surface area contributed by atoms with Crippen LogP contribution >= 0.6 is 0 Å². The molecule has 1 aromatic rings. The molecule has 2 rings (SSSR count). The molecule has 0 unspecified atom stereocenters. The van der Waals surface area contributed by atoms with Gasteiger partial charge in [-0.25, -0.2) is 9.59 Å². The van der Waals surface area contributed by atoms with E-state index in [1.54, 1.807) is 18.2 Å². The van der Waals surface area contributed by atoms with Crippen LogP contribution in [0.5, 0.6) is 0 Å². The van der Waals surface area contributed by atoms with E-state index in [0.29, 0.717) is 18.2 Å². The molecule has 1 fully saturated rings. The molecule has 1 aromatic carbocycles. The molecule has 0 heterocycles. The highest BCUT2D eigenvalue weighted by molar-refractivity contribution is 6.00. The monoisotopic (exact) mass is 248 g/mol. The van der Waals surface area contributed by atoms with Gasteiger partial charge in [-0.15, -0.1) is 0 Å². The van der Waals surface area contributed by atoms with E-state index in [-0.39, 0.29) is 11.6 Å². The molecule has 0 saturated heterocycles. The topological polar surface area (TPSA) is 78.4 Å². The number of carbonyl (C=O) groups excluding carboxylic acids is 1. The molecule has 18 heavy (non-hydrogen) atoms. The summed E-state index contributed by atoms with van der Waals surface area (Å²) in [6.07, 6.45) is 2.32. The highest BCUT2D eigenvalue weighted by Crippen LogP contribution is 2.27. The van der Waals surface area contributed by atoms with Crippen molar-refractivity contribution in [1.82, 2.24) is 5.32 Å². The summed E-state index contributed by atoms with van der Waals surface area (Å²) in [5.41, 5.74) is 1.27. The smallest absolute Gasteiger partial charge is 0.337 e. The van der Waals surface area contributed by atoms with Gasteiger partial charge in [0, 0.05) is 6.54 Å². The Morgan fingerprint density at radius 3 is 2.72 bits per heavy atom. The quantitative estimate of drug-likeness (QED) is 0.764. The third-order valence-electron chi connectivity index (χ3n) is 2.90. The fraction of sp³-hybridized carbons (Fsp3) is 0.385. The molecule has 1 aliphatic rings. The first-order valence-electron chi connectivity index (χ1n) is 5.95. The van der Waals surface area contributed by atoms with Gasteiger partial charge in [-0.1, -0.05) is 11.6 Å². The third-order valence-corrected chi connectivity index (χ3v) is 2.90. The molecule has 0 aliphatic heterocycles. The average molecular weight is 248 g/mol. The number of anilines is 1. The van der Waals surface area contributed by atoms with Gasteiger partial charge in [0.15, 0.2) is 0 Å². The molecule has 0 radical (unpaired) electrons. The molecular formula is C13H16N2O3. The molecule has 5 nitrogen and oxygen atoms in total. The summed E-state index contributed by atoms with van der Waals surface area (Å²) in [6, 6.07) is 4.56. The maximum atomic E-state index is 11.6. The van der Waals surface area contributed by atoms with E-state index in [1.807, 2.05) is 6.92 Å². The van der Waals surface area contributed by atoms with Crippen LogP contribution in [0.25, 0.3) is 0 Å². The lowest BCUT2D eigenvalue weighted by atomic mass is 10.1. The highest BCUT2D eigenvalue weighted by atomic mass is 16.4. The first-order valence-corrected chi connectivity index (χ1v) is 5.95. The van der Waals surface area contributed by atoms with Crippen molar-refractivity contribution in [3.05, 3.63) is 29.3 Å². The average Bonchev–Trinajstić information content (AvgIpc) is 3.12. The predicted molar refractivity (Wildman–Crippen MR) is 67.9 cm³/mol.